The largest absolute Gasteiger partial charge is 0.465 e. The smallest absolute Gasteiger partial charge is 0.307 e. The first-order valence-electron chi connectivity index (χ1n) is 13.4. The van der Waals surface area contributed by atoms with Gasteiger partial charge in [-0.1, -0.05) is 99.3 Å². The van der Waals surface area contributed by atoms with E-state index >= 15 is 0 Å². The van der Waals surface area contributed by atoms with Gasteiger partial charge in [-0.15, -0.1) is 0 Å². The summed E-state index contributed by atoms with van der Waals surface area (Å²) in [6, 6.07) is 0. The van der Waals surface area contributed by atoms with E-state index in [1.54, 1.807) is 0 Å². The monoisotopic (exact) mass is 425 g/mol. The third-order valence-corrected chi connectivity index (χ3v) is 6.77. The highest BCUT2D eigenvalue weighted by atomic mass is 16.5. The van der Waals surface area contributed by atoms with E-state index in [4.69, 9.17) is 4.74 Å². The lowest BCUT2D eigenvalue weighted by Crippen LogP contribution is -2.36. The molecule has 0 aliphatic carbocycles. The summed E-state index contributed by atoms with van der Waals surface area (Å²) in [7, 11) is 0. The van der Waals surface area contributed by atoms with Gasteiger partial charge in [0.25, 0.3) is 0 Å². The van der Waals surface area contributed by atoms with Crippen LogP contribution in [0.1, 0.15) is 125 Å². The van der Waals surface area contributed by atoms with E-state index in [9.17, 15) is 4.79 Å². The molecule has 0 amide bonds. The lowest BCUT2D eigenvalue weighted by molar-refractivity contribution is -0.145. The molecule has 0 saturated carbocycles. The van der Waals surface area contributed by atoms with Gasteiger partial charge in [-0.25, -0.2) is 0 Å². The predicted octanol–water partition coefficient (Wildman–Crippen LogP) is 7.87. The van der Waals surface area contributed by atoms with Crippen LogP contribution in [0.25, 0.3) is 0 Å². The van der Waals surface area contributed by atoms with Crippen molar-refractivity contribution in [3.05, 3.63) is 0 Å². The van der Waals surface area contributed by atoms with Gasteiger partial charge < -0.3 is 9.64 Å². The van der Waals surface area contributed by atoms with Gasteiger partial charge in [-0.05, 0) is 37.0 Å². The third kappa shape index (κ3) is 15.3. The van der Waals surface area contributed by atoms with Gasteiger partial charge in [0.2, 0.25) is 0 Å². The van der Waals surface area contributed by atoms with Crippen molar-refractivity contribution in [2.24, 2.45) is 17.8 Å². The van der Waals surface area contributed by atoms with Crippen molar-refractivity contribution in [2.45, 2.75) is 125 Å². The Labute approximate surface area is 189 Å². The molecule has 0 rings (SSSR count). The molecule has 3 heteroatoms. The van der Waals surface area contributed by atoms with Gasteiger partial charge in [0, 0.05) is 19.6 Å². The van der Waals surface area contributed by atoms with Crippen LogP contribution >= 0.6 is 0 Å². The minimum absolute atomic E-state index is 0.00170. The van der Waals surface area contributed by atoms with Crippen molar-refractivity contribution < 1.29 is 9.53 Å². The molecule has 0 spiro atoms. The number of carbonyl (C=O) groups excluding carboxylic acids is 1. The zero-order valence-electron chi connectivity index (χ0n) is 21.5. The summed E-state index contributed by atoms with van der Waals surface area (Å²) in [5, 5.41) is 0. The minimum atomic E-state index is -0.00170. The van der Waals surface area contributed by atoms with Crippen LogP contribution in [0.3, 0.4) is 0 Å². The number of ether oxygens (including phenoxy) is 1. The standard InChI is InChI=1S/C27H55NO2/c1-7-13-16-24(10-4)21-28(22-25(11-5)17-14-8-2)20-19-27(29)30-23-26(12-6)18-15-9-3/h24-26H,7-23H2,1-6H3. The molecule has 3 atom stereocenters. The Hall–Kier alpha value is -0.570. The van der Waals surface area contributed by atoms with E-state index in [1.807, 2.05) is 0 Å². The van der Waals surface area contributed by atoms with Crippen LogP contribution in [0.15, 0.2) is 0 Å². The van der Waals surface area contributed by atoms with Gasteiger partial charge >= 0.3 is 5.97 Å². The van der Waals surface area contributed by atoms with Crippen LogP contribution in [0.2, 0.25) is 0 Å². The van der Waals surface area contributed by atoms with Gasteiger partial charge in [-0.2, -0.15) is 0 Å². The van der Waals surface area contributed by atoms with Gasteiger partial charge in [0.15, 0.2) is 0 Å². The SMILES string of the molecule is CCCCC(CC)COC(=O)CCN(CC(CC)CCCC)CC(CC)CCCC. The summed E-state index contributed by atoms with van der Waals surface area (Å²) in [6.45, 7) is 17.4. The summed E-state index contributed by atoms with van der Waals surface area (Å²) in [4.78, 5) is 15.0. The maximum atomic E-state index is 12.4. The van der Waals surface area contributed by atoms with Crippen LogP contribution in [0, 0.1) is 17.8 Å². The molecule has 3 nitrogen and oxygen atoms in total. The highest BCUT2D eigenvalue weighted by molar-refractivity contribution is 5.69. The highest BCUT2D eigenvalue weighted by Gasteiger charge is 2.18. The molecule has 0 aromatic carbocycles. The van der Waals surface area contributed by atoms with Crippen molar-refractivity contribution >= 4 is 5.97 Å². The normalized spacial score (nSPS) is 14.6. The molecule has 3 unspecified atom stereocenters. The van der Waals surface area contributed by atoms with E-state index in [-0.39, 0.29) is 5.97 Å². The zero-order valence-corrected chi connectivity index (χ0v) is 21.5. The fourth-order valence-electron chi connectivity index (χ4n) is 4.25. The molecule has 0 aromatic heterocycles. The first kappa shape index (κ1) is 29.4. The number of esters is 1. The number of rotatable bonds is 21. The topological polar surface area (TPSA) is 29.5 Å². The molecular formula is C27H55NO2. The molecular weight excluding hydrogens is 370 g/mol. The second-order valence-corrected chi connectivity index (χ2v) is 9.44. The lowest BCUT2D eigenvalue weighted by Gasteiger charge is -2.30. The number of hydrogen-bond donors (Lipinski definition) is 0. The van der Waals surface area contributed by atoms with E-state index in [0.29, 0.717) is 18.9 Å². The van der Waals surface area contributed by atoms with E-state index in [2.05, 4.69) is 46.4 Å². The molecule has 0 aliphatic heterocycles. The highest BCUT2D eigenvalue weighted by Crippen LogP contribution is 2.19. The van der Waals surface area contributed by atoms with Gasteiger partial charge in [0.1, 0.15) is 0 Å². The molecule has 30 heavy (non-hydrogen) atoms. The maximum Gasteiger partial charge on any atom is 0.307 e. The first-order valence-corrected chi connectivity index (χ1v) is 13.4. The summed E-state index contributed by atoms with van der Waals surface area (Å²) in [6.07, 6.45) is 15.6. The molecule has 0 aromatic rings. The minimum Gasteiger partial charge on any atom is -0.465 e. The molecule has 0 bridgehead atoms. The summed E-state index contributed by atoms with van der Waals surface area (Å²) >= 11 is 0. The van der Waals surface area contributed by atoms with E-state index in [0.717, 1.165) is 37.9 Å². The van der Waals surface area contributed by atoms with Gasteiger partial charge in [0.05, 0.1) is 13.0 Å². The zero-order chi connectivity index (χ0) is 22.6. The van der Waals surface area contributed by atoms with Crippen molar-refractivity contribution in [2.75, 3.05) is 26.2 Å². The number of nitrogens with zero attached hydrogens (tertiary/aromatic N) is 1. The second-order valence-electron chi connectivity index (χ2n) is 9.44. The number of carbonyl (C=O) groups is 1. The van der Waals surface area contributed by atoms with Crippen molar-refractivity contribution in [1.82, 2.24) is 4.90 Å². The summed E-state index contributed by atoms with van der Waals surface area (Å²) in [5.41, 5.74) is 0. The Bertz CT molecular complexity index is 367. The Morgan fingerprint density at radius 1 is 0.700 bits per heavy atom. The molecule has 0 saturated heterocycles. The van der Waals surface area contributed by atoms with Crippen LogP contribution < -0.4 is 0 Å². The lowest BCUT2D eigenvalue weighted by atomic mass is 9.95. The first-order chi connectivity index (χ1) is 14.5. The fraction of sp³-hybridized carbons (Fsp3) is 0.963. The molecule has 0 aliphatic rings. The van der Waals surface area contributed by atoms with Crippen molar-refractivity contribution in [1.29, 1.82) is 0 Å². The van der Waals surface area contributed by atoms with Crippen molar-refractivity contribution in [3.8, 4) is 0 Å². The van der Waals surface area contributed by atoms with Crippen LogP contribution in [0.4, 0.5) is 0 Å². The number of unbranched alkanes of at least 4 members (excludes halogenated alkanes) is 3. The average Bonchev–Trinajstić information content (AvgIpc) is 2.77. The third-order valence-electron chi connectivity index (χ3n) is 6.77. The van der Waals surface area contributed by atoms with Crippen LogP contribution in [0.5, 0.6) is 0 Å². The Kier molecular flexibility index (Phi) is 20.0. The predicted molar refractivity (Wildman–Crippen MR) is 132 cm³/mol. The van der Waals surface area contributed by atoms with Crippen molar-refractivity contribution in [3.63, 3.8) is 0 Å². The Morgan fingerprint density at radius 3 is 1.53 bits per heavy atom. The Morgan fingerprint density at radius 2 is 1.13 bits per heavy atom. The summed E-state index contributed by atoms with van der Waals surface area (Å²) in [5.74, 6) is 2.03. The van der Waals surface area contributed by atoms with E-state index in [1.165, 1.54) is 70.6 Å². The number of hydrogen-bond acceptors (Lipinski definition) is 3. The molecule has 0 heterocycles. The van der Waals surface area contributed by atoms with E-state index < -0.39 is 0 Å². The van der Waals surface area contributed by atoms with Gasteiger partial charge in [-0.3, -0.25) is 4.79 Å². The molecule has 0 fully saturated rings. The molecule has 0 radical (unpaired) electrons. The van der Waals surface area contributed by atoms with Crippen LogP contribution in [-0.4, -0.2) is 37.1 Å². The maximum absolute atomic E-state index is 12.4. The Balaban J connectivity index is 4.69. The quantitative estimate of drug-likeness (QED) is 0.175. The fourth-order valence-corrected chi connectivity index (χ4v) is 4.25. The molecule has 180 valence electrons. The second kappa shape index (κ2) is 20.3. The summed E-state index contributed by atoms with van der Waals surface area (Å²) < 4.78 is 5.67. The molecule has 0 N–H and O–H groups in total. The average molecular weight is 426 g/mol. The van der Waals surface area contributed by atoms with Crippen LogP contribution in [-0.2, 0) is 9.53 Å².